The van der Waals surface area contributed by atoms with E-state index in [-0.39, 0.29) is 25.4 Å². The second kappa shape index (κ2) is 7.75. The third-order valence-corrected chi connectivity index (χ3v) is 3.71. The number of amides is 1. The van der Waals surface area contributed by atoms with E-state index in [1.54, 1.807) is 6.92 Å². The zero-order valence-corrected chi connectivity index (χ0v) is 11.6. The van der Waals surface area contributed by atoms with Gasteiger partial charge in [-0.1, -0.05) is 30.3 Å². The second-order valence-corrected chi connectivity index (χ2v) is 5.88. The van der Waals surface area contributed by atoms with Gasteiger partial charge >= 0.3 is 6.09 Å². The topological polar surface area (TPSA) is 84.5 Å². The highest BCUT2D eigenvalue weighted by Gasteiger charge is 2.06. The van der Waals surface area contributed by atoms with E-state index < -0.39 is 16.1 Å². The van der Waals surface area contributed by atoms with Crippen LogP contribution >= 0.6 is 0 Å². The van der Waals surface area contributed by atoms with Crippen molar-refractivity contribution in [3.8, 4) is 0 Å². The summed E-state index contributed by atoms with van der Waals surface area (Å²) in [6.45, 7) is 2.07. The minimum Gasteiger partial charge on any atom is -0.445 e. The van der Waals surface area contributed by atoms with E-state index in [9.17, 15) is 13.2 Å². The molecule has 19 heavy (non-hydrogen) atoms. The first-order chi connectivity index (χ1) is 9.03. The van der Waals surface area contributed by atoms with E-state index in [0.29, 0.717) is 0 Å². The lowest BCUT2D eigenvalue weighted by atomic mass is 10.2. The normalized spacial score (nSPS) is 11.0. The van der Waals surface area contributed by atoms with Gasteiger partial charge in [-0.25, -0.2) is 17.9 Å². The number of alkyl carbamates (subject to hydrolysis) is 1. The van der Waals surface area contributed by atoms with Crippen LogP contribution in [0.1, 0.15) is 12.5 Å². The molecular weight excluding hydrogens is 268 g/mol. The van der Waals surface area contributed by atoms with Crippen LogP contribution in [0.2, 0.25) is 0 Å². The highest BCUT2D eigenvalue weighted by molar-refractivity contribution is 7.89. The number of rotatable bonds is 7. The van der Waals surface area contributed by atoms with E-state index in [4.69, 9.17) is 4.74 Å². The lowest BCUT2D eigenvalue weighted by Gasteiger charge is -2.07. The molecular formula is C12H18N2O4S. The van der Waals surface area contributed by atoms with Gasteiger partial charge in [0.05, 0.1) is 5.75 Å². The van der Waals surface area contributed by atoms with Crippen LogP contribution in [0, 0.1) is 0 Å². The predicted octanol–water partition coefficient (Wildman–Crippen LogP) is 0.852. The van der Waals surface area contributed by atoms with Crippen molar-refractivity contribution in [1.29, 1.82) is 0 Å². The number of hydrogen-bond acceptors (Lipinski definition) is 4. The molecule has 1 amide bonds. The fourth-order valence-corrected chi connectivity index (χ4v) is 1.86. The molecule has 1 aromatic carbocycles. The van der Waals surface area contributed by atoms with Crippen LogP contribution in [0.3, 0.4) is 0 Å². The van der Waals surface area contributed by atoms with Crippen LogP contribution in [-0.4, -0.2) is 33.4 Å². The monoisotopic (exact) mass is 286 g/mol. The Kier molecular flexibility index (Phi) is 6.31. The number of carbonyl (C=O) groups excluding carboxylic acids is 1. The molecule has 0 saturated heterocycles. The van der Waals surface area contributed by atoms with Crippen LogP contribution in [0.25, 0.3) is 0 Å². The van der Waals surface area contributed by atoms with Crippen molar-refractivity contribution in [2.75, 3.05) is 18.8 Å². The molecule has 2 N–H and O–H groups in total. The molecule has 1 aromatic rings. The maximum atomic E-state index is 11.3. The summed E-state index contributed by atoms with van der Waals surface area (Å²) in [7, 11) is -3.21. The number of hydrogen-bond donors (Lipinski definition) is 2. The number of sulfonamides is 1. The SMILES string of the molecule is CCS(=O)(=O)NCCNC(=O)OCc1ccccc1. The van der Waals surface area contributed by atoms with E-state index in [2.05, 4.69) is 10.0 Å². The molecule has 0 aliphatic heterocycles. The predicted molar refractivity (Wildman–Crippen MR) is 72.1 cm³/mol. The molecule has 0 atom stereocenters. The minimum atomic E-state index is -3.21. The quantitative estimate of drug-likeness (QED) is 0.728. The maximum Gasteiger partial charge on any atom is 0.407 e. The molecule has 0 aliphatic rings. The Morgan fingerprint density at radius 1 is 1.21 bits per heavy atom. The molecule has 1 rings (SSSR count). The molecule has 0 spiro atoms. The smallest absolute Gasteiger partial charge is 0.407 e. The third-order valence-electron chi connectivity index (χ3n) is 2.31. The Morgan fingerprint density at radius 2 is 1.89 bits per heavy atom. The van der Waals surface area contributed by atoms with Crippen LogP contribution in [0.15, 0.2) is 30.3 Å². The summed E-state index contributed by atoms with van der Waals surface area (Å²) < 4.78 is 29.5. The second-order valence-electron chi connectivity index (χ2n) is 3.79. The van der Waals surface area contributed by atoms with Crippen molar-refractivity contribution in [2.45, 2.75) is 13.5 Å². The zero-order chi connectivity index (χ0) is 14.1. The molecule has 0 bridgehead atoms. The lowest BCUT2D eigenvalue weighted by molar-refractivity contribution is 0.140. The van der Waals surface area contributed by atoms with Gasteiger partial charge in [-0.3, -0.25) is 0 Å². The number of benzene rings is 1. The van der Waals surface area contributed by atoms with Gasteiger partial charge in [-0.15, -0.1) is 0 Å². The van der Waals surface area contributed by atoms with Crippen LogP contribution in [0.4, 0.5) is 4.79 Å². The molecule has 6 nitrogen and oxygen atoms in total. The maximum absolute atomic E-state index is 11.3. The Bertz CT molecular complexity index is 488. The van der Waals surface area contributed by atoms with Crippen molar-refractivity contribution in [3.05, 3.63) is 35.9 Å². The van der Waals surface area contributed by atoms with Crippen LogP contribution in [-0.2, 0) is 21.4 Å². The molecule has 0 saturated carbocycles. The summed E-state index contributed by atoms with van der Waals surface area (Å²) >= 11 is 0. The number of nitrogens with one attached hydrogen (secondary N) is 2. The van der Waals surface area contributed by atoms with Gasteiger partial charge in [-0.2, -0.15) is 0 Å². The number of ether oxygens (including phenoxy) is 1. The van der Waals surface area contributed by atoms with Gasteiger partial charge in [-0.05, 0) is 12.5 Å². The average Bonchev–Trinajstić information content (AvgIpc) is 2.42. The Balaban J connectivity index is 2.15. The van der Waals surface area contributed by atoms with E-state index in [1.807, 2.05) is 30.3 Å². The fraction of sp³-hybridized carbons (Fsp3) is 0.417. The summed E-state index contributed by atoms with van der Waals surface area (Å²) in [5.41, 5.74) is 0.893. The first-order valence-corrected chi connectivity index (χ1v) is 7.60. The van der Waals surface area contributed by atoms with Crippen molar-refractivity contribution in [1.82, 2.24) is 10.0 Å². The molecule has 0 fully saturated rings. The Morgan fingerprint density at radius 3 is 2.53 bits per heavy atom. The summed E-state index contributed by atoms with van der Waals surface area (Å²) in [6, 6.07) is 9.29. The van der Waals surface area contributed by atoms with Crippen LogP contribution in [0.5, 0.6) is 0 Å². The van der Waals surface area contributed by atoms with Crippen molar-refractivity contribution < 1.29 is 17.9 Å². The van der Waals surface area contributed by atoms with Crippen LogP contribution < -0.4 is 10.0 Å². The highest BCUT2D eigenvalue weighted by atomic mass is 32.2. The summed E-state index contributed by atoms with van der Waals surface area (Å²) in [4.78, 5) is 11.3. The van der Waals surface area contributed by atoms with Gasteiger partial charge in [0, 0.05) is 13.1 Å². The standard InChI is InChI=1S/C12H18N2O4S/c1-2-19(16,17)14-9-8-13-12(15)18-10-11-6-4-3-5-7-11/h3-7,14H,2,8-10H2,1H3,(H,13,15). The molecule has 0 radical (unpaired) electrons. The van der Waals surface area contributed by atoms with Gasteiger partial charge in [0.2, 0.25) is 10.0 Å². The van der Waals surface area contributed by atoms with Gasteiger partial charge in [0.15, 0.2) is 0 Å². The van der Waals surface area contributed by atoms with Gasteiger partial charge in [0.1, 0.15) is 6.61 Å². The molecule has 0 aliphatic carbocycles. The minimum absolute atomic E-state index is 0.0193. The van der Waals surface area contributed by atoms with Crippen molar-refractivity contribution in [3.63, 3.8) is 0 Å². The summed E-state index contributed by atoms with van der Waals surface area (Å²) in [5.74, 6) is 0.0193. The van der Waals surface area contributed by atoms with Crippen molar-refractivity contribution >= 4 is 16.1 Å². The molecule has 0 heterocycles. The largest absolute Gasteiger partial charge is 0.445 e. The molecule has 0 unspecified atom stereocenters. The summed E-state index contributed by atoms with van der Waals surface area (Å²) in [6.07, 6.45) is -0.570. The Hall–Kier alpha value is -1.60. The van der Waals surface area contributed by atoms with E-state index in [1.165, 1.54) is 0 Å². The van der Waals surface area contributed by atoms with E-state index >= 15 is 0 Å². The third kappa shape index (κ3) is 6.78. The van der Waals surface area contributed by atoms with Crippen molar-refractivity contribution in [2.24, 2.45) is 0 Å². The van der Waals surface area contributed by atoms with Gasteiger partial charge in [0.25, 0.3) is 0 Å². The first-order valence-electron chi connectivity index (χ1n) is 5.95. The van der Waals surface area contributed by atoms with Gasteiger partial charge < -0.3 is 10.1 Å². The molecule has 106 valence electrons. The highest BCUT2D eigenvalue weighted by Crippen LogP contribution is 2.00. The first kappa shape index (κ1) is 15.5. The molecule has 0 aromatic heterocycles. The number of carbonyl (C=O) groups is 1. The lowest BCUT2D eigenvalue weighted by Crippen LogP contribution is -2.35. The fourth-order valence-electron chi connectivity index (χ4n) is 1.25. The molecule has 7 heteroatoms. The summed E-state index contributed by atoms with van der Waals surface area (Å²) in [5, 5.41) is 2.46. The van der Waals surface area contributed by atoms with E-state index in [0.717, 1.165) is 5.56 Å². The average molecular weight is 286 g/mol. The Labute approximate surface area is 113 Å². The zero-order valence-electron chi connectivity index (χ0n) is 10.8.